The Bertz CT molecular complexity index is 176. The van der Waals surface area contributed by atoms with Gasteiger partial charge in [0.15, 0.2) is 0 Å². The van der Waals surface area contributed by atoms with Gasteiger partial charge >= 0.3 is 0 Å². The van der Waals surface area contributed by atoms with Crippen LogP contribution in [-0.4, -0.2) is 43.3 Å². The zero-order chi connectivity index (χ0) is 10.1. The zero-order valence-electron chi connectivity index (χ0n) is 6.95. The smallest absolute Gasteiger partial charge is 0.255 e. The Hall–Kier alpha value is -0.790. The van der Waals surface area contributed by atoms with Crippen molar-refractivity contribution in [3.05, 3.63) is 0 Å². The van der Waals surface area contributed by atoms with Crippen molar-refractivity contribution in [2.24, 2.45) is 0 Å². The lowest BCUT2D eigenvalue weighted by Gasteiger charge is -2.03. The monoisotopic (exact) mass is 208 g/mol. The first kappa shape index (κ1) is 12.2. The second-order valence-corrected chi connectivity index (χ2v) is 2.32. The van der Waals surface area contributed by atoms with Crippen LogP contribution in [0.3, 0.4) is 0 Å². The van der Waals surface area contributed by atoms with Crippen LogP contribution >= 0.6 is 12.8 Å². The van der Waals surface area contributed by atoms with Crippen molar-refractivity contribution in [2.75, 3.05) is 26.4 Å². The summed E-state index contributed by atoms with van der Waals surface area (Å²) >= 11 is 3.48. The first-order valence-corrected chi connectivity index (χ1v) is 4.03. The maximum atomic E-state index is 10.8. The van der Waals surface area contributed by atoms with Crippen LogP contribution < -0.4 is 10.0 Å². The molecule has 0 rings (SSSR count). The van der Waals surface area contributed by atoms with E-state index < -0.39 is 5.91 Å². The number of aliphatic hydroxyl groups excluding tert-OH is 1. The van der Waals surface area contributed by atoms with Gasteiger partial charge in [-0.15, -0.1) is 0 Å². The van der Waals surface area contributed by atoms with Crippen LogP contribution in [0.25, 0.3) is 0 Å². The van der Waals surface area contributed by atoms with Crippen molar-refractivity contribution in [1.29, 1.82) is 0 Å². The summed E-state index contributed by atoms with van der Waals surface area (Å²) in [5, 5.41) is 10.7. The molecule has 0 aromatic carbocycles. The zero-order valence-corrected chi connectivity index (χ0v) is 7.84. The molecule has 0 fully saturated rings. The van der Waals surface area contributed by atoms with Gasteiger partial charge in [-0.3, -0.25) is 9.59 Å². The summed E-state index contributed by atoms with van der Waals surface area (Å²) in [4.78, 5) is 21.3. The molecule has 0 aromatic rings. The summed E-state index contributed by atoms with van der Waals surface area (Å²) < 4.78 is 6.73. The highest BCUT2D eigenvalue weighted by molar-refractivity contribution is 7.78. The van der Waals surface area contributed by atoms with E-state index in [0.717, 1.165) is 0 Å². The Balaban J connectivity index is 3.31. The minimum atomic E-state index is -0.418. The van der Waals surface area contributed by atoms with Crippen molar-refractivity contribution in [3.63, 3.8) is 0 Å². The van der Waals surface area contributed by atoms with E-state index in [1.54, 1.807) is 0 Å². The first-order valence-electron chi connectivity index (χ1n) is 3.59. The van der Waals surface area contributed by atoms with Crippen molar-refractivity contribution >= 4 is 24.6 Å². The van der Waals surface area contributed by atoms with Crippen LogP contribution in [0.1, 0.15) is 0 Å². The number of amides is 2. The third-order valence-electron chi connectivity index (χ3n) is 1.02. The fourth-order valence-corrected chi connectivity index (χ4v) is 0.580. The molecular weight excluding hydrogens is 196 g/mol. The number of carbonyl (C=O) groups is 2. The molecule has 0 aliphatic heterocycles. The molecule has 0 aliphatic rings. The number of rotatable bonds is 6. The second kappa shape index (κ2) is 7.84. The van der Waals surface area contributed by atoms with Crippen LogP contribution in [0, 0.1) is 0 Å². The number of thiol groups is 1. The van der Waals surface area contributed by atoms with Crippen LogP contribution in [0.4, 0.5) is 0 Å². The van der Waals surface area contributed by atoms with Gasteiger partial charge in [0.1, 0.15) is 13.2 Å². The van der Waals surface area contributed by atoms with E-state index in [-0.39, 0.29) is 32.3 Å². The molecule has 0 atom stereocenters. The number of aliphatic hydroxyl groups is 1. The Labute approximate surface area is 81.2 Å². The molecule has 0 bridgehead atoms. The lowest BCUT2D eigenvalue weighted by molar-refractivity contribution is -0.130. The Morgan fingerprint density at radius 3 is 2.46 bits per heavy atom. The Kier molecular flexibility index (Phi) is 7.36. The van der Waals surface area contributed by atoms with Gasteiger partial charge in [0.05, 0.1) is 6.61 Å². The first-order chi connectivity index (χ1) is 6.20. The molecule has 0 spiro atoms. The van der Waals surface area contributed by atoms with Gasteiger partial charge in [0.2, 0.25) is 5.91 Å². The molecule has 0 unspecified atom stereocenters. The fraction of sp³-hybridized carbons (Fsp3) is 0.667. The minimum Gasteiger partial charge on any atom is -0.395 e. The molecule has 0 aliphatic carbocycles. The van der Waals surface area contributed by atoms with Crippen molar-refractivity contribution in [2.45, 2.75) is 0 Å². The summed E-state index contributed by atoms with van der Waals surface area (Å²) in [7, 11) is 0. The summed E-state index contributed by atoms with van der Waals surface area (Å²) in [6, 6.07) is 0. The normalized spacial score (nSPS) is 9.38. The molecule has 3 N–H and O–H groups in total. The number of hydrogen-bond acceptors (Lipinski definition) is 5. The van der Waals surface area contributed by atoms with Crippen molar-refractivity contribution in [1.82, 2.24) is 10.0 Å². The highest BCUT2D eigenvalue weighted by atomic mass is 32.1. The lowest BCUT2D eigenvalue weighted by atomic mass is 10.6. The fourth-order valence-electron chi connectivity index (χ4n) is 0.515. The van der Waals surface area contributed by atoms with Gasteiger partial charge < -0.3 is 19.9 Å². The summed E-state index contributed by atoms with van der Waals surface area (Å²) in [5.74, 6) is -0.792. The summed E-state index contributed by atoms with van der Waals surface area (Å²) in [6.45, 7) is -0.360. The average molecular weight is 208 g/mol. The van der Waals surface area contributed by atoms with E-state index in [1.807, 2.05) is 4.72 Å². The molecule has 0 saturated carbocycles. The maximum absolute atomic E-state index is 10.8. The Morgan fingerprint density at radius 2 is 1.92 bits per heavy atom. The Morgan fingerprint density at radius 1 is 1.31 bits per heavy atom. The molecule has 7 heteroatoms. The third kappa shape index (κ3) is 7.57. The quantitative estimate of drug-likeness (QED) is 0.383. The van der Waals surface area contributed by atoms with Crippen LogP contribution in [0.2, 0.25) is 0 Å². The van der Waals surface area contributed by atoms with Gasteiger partial charge in [-0.25, -0.2) is 0 Å². The molecule has 76 valence electrons. The average Bonchev–Trinajstić information content (AvgIpc) is 2.14. The van der Waals surface area contributed by atoms with E-state index in [1.165, 1.54) is 0 Å². The number of nitrogens with one attached hydrogen (secondary N) is 2. The topological polar surface area (TPSA) is 87.7 Å². The molecule has 6 nitrogen and oxygen atoms in total. The molecule has 2 amide bonds. The predicted octanol–water partition coefficient (Wildman–Crippen LogP) is -1.93. The van der Waals surface area contributed by atoms with Crippen LogP contribution in [0.5, 0.6) is 0 Å². The van der Waals surface area contributed by atoms with E-state index in [9.17, 15) is 9.59 Å². The molecular formula is C6H12N2O4S. The number of carbonyl (C=O) groups excluding carboxylic acids is 2. The highest BCUT2D eigenvalue weighted by Gasteiger charge is 2.02. The summed E-state index contributed by atoms with van der Waals surface area (Å²) in [5.41, 5.74) is 0. The van der Waals surface area contributed by atoms with Crippen LogP contribution in [-0.2, 0) is 14.3 Å². The standard InChI is InChI=1S/C6H12N2O4S/c9-2-1-7-5(10)3-12-4-6(11)8-13/h9,13H,1-4H2,(H,7,10)(H,8,11). The van der Waals surface area contributed by atoms with Gasteiger partial charge in [-0.1, -0.05) is 12.8 Å². The third-order valence-corrected chi connectivity index (χ3v) is 1.27. The predicted molar refractivity (Wildman–Crippen MR) is 48.0 cm³/mol. The van der Waals surface area contributed by atoms with E-state index >= 15 is 0 Å². The van der Waals surface area contributed by atoms with Gasteiger partial charge in [-0.2, -0.15) is 0 Å². The molecule has 0 aromatic heterocycles. The number of ether oxygens (including phenoxy) is 1. The largest absolute Gasteiger partial charge is 0.395 e. The SMILES string of the molecule is O=C(COCC(=O)NCCO)NS. The van der Waals surface area contributed by atoms with Gasteiger partial charge in [0, 0.05) is 6.54 Å². The number of hydrogen-bond donors (Lipinski definition) is 4. The summed E-state index contributed by atoms with van der Waals surface area (Å²) in [6.07, 6.45) is 0. The minimum absolute atomic E-state index is 0.122. The molecule has 0 saturated heterocycles. The molecule has 0 radical (unpaired) electrons. The molecule has 0 heterocycles. The van der Waals surface area contributed by atoms with Crippen LogP contribution in [0.15, 0.2) is 0 Å². The van der Waals surface area contributed by atoms with E-state index in [2.05, 4.69) is 18.1 Å². The second-order valence-electron chi connectivity index (χ2n) is 2.10. The van der Waals surface area contributed by atoms with Crippen molar-refractivity contribution in [3.8, 4) is 0 Å². The lowest BCUT2D eigenvalue weighted by Crippen LogP contribution is -2.31. The maximum Gasteiger partial charge on any atom is 0.255 e. The van der Waals surface area contributed by atoms with E-state index in [4.69, 9.17) is 9.84 Å². The van der Waals surface area contributed by atoms with Gasteiger partial charge in [0.25, 0.3) is 5.91 Å². The highest BCUT2D eigenvalue weighted by Crippen LogP contribution is 1.76. The van der Waals surface area contributed by atoms with Gasteiger partial charge in [-0.05, 0) is 0 Å². The molecule has 13 heavy (non-hydrogen) atoms. The van der Waals surface area contributed by atoms with E-state index in [0.29, 0.717) is 0 Å². The van der Waals surface area contributed by atoms with Crippen molar-refractivity contribution < 1.29 is 19.4 Å².